The average molecular weight is 513 g/mol. The molecule has 0 aromatic heterocycles. The smallest absolute Gasteiger partial charge is 0.279 e. The first kappa shape index (κ1) is 25.1. The number of imide groups is 1. The number of fused-ring (bicyclic) bond motifs is 1. The van der Waals surface area contributed by atoms with E-state index in [1.807, 2.05) is 0 Å². The van der Waals surface area contributed by atoms with Crippen molar-refractivity contribution in [1.29, 1.82) is 0 Å². The second-order valence-corrected chi connectivity index (χ2v) is 9.33. The predicted octanol–water partition coefficient (Wildman–Crippen LogP) is 1.23. The van der Waals surface area contributed by atoms with Crippen molar-refractivity contribution in [3.8, 4) is 5.75 Å². The number of benzene rings is 2. The van der Waals surface area contributed by atoms with Crippen molar-refractivity contribution in [3.05, 3.63) is 58.9 Å². The Bertz CT molecular complexity index is 1220. The minimum absolute atomic E-state index is 0.0252. The van der Waals surface area contributed by atoms with Crippen LogP contribution in [0, 0.1) is 5.82 Å². The molecule has 11 heteroatoms. The lowest BCUT2D eigenvalue weighted by Crippen LogP contribution is -2.63. The Morgan fingerprint density at radius 3 is 2.76 bits per heavy atom. The minimum Gasteiger partial charge on any atom is -0.492 e. The van der Waals surface area contributed by atoms with Crippen LogP contribution in [0.4, 0.5) is 10.1 Å². The molecule has 3 aliphatic heterocycles. The van der Waals surface area contributed by atoms with Gasteiger partial charge in [0, 0.05) is 61.4 Å². The third kappa shape index (κ3) is 5.15. The number of anilines is 1. The van der Waals surface area contributed by atoms with Gasteiger partial charge in [-0.3, -0.25) is 29.5 Å². The summed E-state index contributed by atoms with van der Waals surface area (Å²) in [4.78, 5) is 40.3. The molecule has 2 aromatic rings. The topological polar surface area (TPSA) is 120 Å². The van der Waals surface area contributed by atoms with Gasteiger partial charge in [0.2, 0.25) is 11.6 Å². The molecule has 2 fully saturated rings. The highest BCUT2D eigenvalue weighted by Gasteiger charge is 2.51. The summed E-state index contributed by atoms with van der Waals surface area (Å²) >= 11 is 0. The molecule has 5 rings (SSSR count). The lowest BCUT2D eigenvalue weighted by atomic mass is 10.00. The number of aliphatic hydroxyl groups is 1. The first-order chi connectivity index (χ1) is 17.8. The molecule has 0 spiro atoms. The van der Waals surface area contributed by atoms with E-state index in [1.54, 1.807) is 30.3 Å². The van der Waals surface area contributed by atoms with E-state index in [-0.39, 0.29) is 25.9 Å². The van der Waals surface area contributed by atoms with E-state index in [0.717, 1.165) is 24.5 Å². The van der Waals surface area contributed by atoms with Crippen molar-refractivity contribution in [2.45, 2.75) is 31.7 Å². The first-order valence-corrected chi connectivity index (χ1v) is 12.3. The highest BCUT2D eigenvalue weighted by atomic mass is 19.1. The quantitative estimate of drug-likeness (QED) is 0.452. The Balaban J connectivity index is 1.25. The van der Waals surface area contributed by atoms with E-state index >= 15 is 0 Å². The summed E-state index contributed by atoms with van der Waals surface area (Å²) in [5.41, 5.74) is -0.207. The molecule has 0 bridgehead atoms. The number of hydrogen-bond acceptors (Lipinski definition) is 8. The number of hydrogen-bond donors (Lipinski definition) is 3. The van der Waals surface area contributed by atoms with Crippen LogP contribution in [0.25, 0.3) is 0 Å². The summed E-state index contributed by atoms with van der Waals surface area (Å²) in [7, 11) is 0. The summed E-state index contributed by atoms with van der Waals surface area (Å²) < 4.78 is 25.7. The summed E-state index contributed by atoms with van der Waals surface area (Å²) in [5, 5.41) is 16.2. The number of carbonyl (C=O) groups excluding carboxylic acids is 3. The number of morpholine rings is 1. The zero-order chi connectivity index (χ0) is 26.0. The fourth-order valence-corrected chi connectivity index (χ4v) is 4.83. The van der Waals surface area contributed by atoms with E-state index in [4.69, 9.17) is 9.47 Å². The zero-order valence-electron chi connectivity index (χ0n) is 20.3. The van der Waals surface area contributed by atoms with Crippen molar-refractivity contribution in [1.82, 2.24) is 15.1 Å². The standard InChI is InChI=1S/C26H29FN4O6/c27-21-5-4-18(37-13-10-30-8-11-36-12-9-30)14-17(21)15-28-22-3-1-2-19-20(22)16-31(24(19)33)26(35)7-6-23(32)29-25(26)34/h1-5,14,28,35H,6-13,15-16H2,(H,29,32,34). The van der Waals surface area contributed by atoms with Gasteiger partial charge in [-0.1, -0.05) is 6.07 Å². The average Bonchev–Trinajstić information content (AvgIpc) is 3.25. The molecule has 3 heterocycles. The molecular formula is C26H29FN4O6. The fraction of sp³-hybridized carbons (Fsp3) is 0.423. The number of rotatable bonds is 8. The maximum atomic E-state index is 14.6. The molecule has 0 aliphatic carbocycles. The van der Waals surface area contributed by atoms with Crippen LogP contribution in [-0.2, 0) is 27.4 Å². The molecule has 0 radical (unpaired) electrons. The molecule has 3 aliphatic rings. The van der Waals surface area contributed by atoms with Gasteiger partial charge in [0.05, 0.1) is 19.8 Å². The van der Waals surface area contributed by atoms with Gasteiger partial charge in [0.25, 0.3) is 11.8 Å². The Morgan fingerprint density at radius 2 is 1.97 bits per heavy atom. The van der Waals surface area contributed by atoms with Crippen LogP contribution in [0.15, 0.2) is 36.4 Å². The Morgan fingerprint density at radius 1 is 1.16 bits per heavy atom. The molecule has 196 valence electrons. The van der Waals surface area contributed by atoms with Crippen molar-refractivity contribution in [2.75, 3.05) is 44.8 Å². The van der Waals surface area contributed by atoms with E-state index in [1.165, 1.54) is 6.07 Å². The maximum Gasteiger partial charge on any atom is 0.279 e. The van der Waals surface area contributed by atoms with Crippen molar-refractivity contribution in [3.63, 3.8) is 0 Å². The van der Waals surface area contributed by atoms with Crippen molar-refractivity contribution < 1.29 is 33.4 Å². The van der Waals surface area contributed by atoms with Crippen LogP contribution < -0.4 is 15.4 Å². The number of nitrogens with zero attached hydrogens (tertiary/aromatic N) is 2. The number of nitrogens with one attached hydrogen (secondary N) is 2. The van der Waals surface area contributed by atoms with Gasteiger partial charge >= 0.3 is 0 Å². The van der Waals surface area contributed by atoms with E-state index < -0.39 is 29.3 Å². The van der Waals surface area contributed by atoms with Crippen LogP contribution >= 0.6 is 0 Å². The van der Waals surface area contributed by atoms with E-state index in [2.05, 4.69) is 15.5 Å². The van der Waals surface area contributed by atoms with Gasteiger partial charge in [0.15, 0.2) is 0 Å². The third-order valence-corrected chi connectivity index (χ3v) is 7.00. The van der Waals surface area contributed by atoms with Gasteiger partial charge in [-0.25, -0.2) is 4.39 Å². The number of piperidine rings is 1. The van der Waals surface area contributed by atoms with Gasteiger partial charge in [-0.15, -0.1) is 0 Å². The van der Waals surface area contributed by atoms with Crippen molar-refractivity contribution >= 4 is 23.4 Å². The van der Waals surface area contributed by atoms with Gasteiger partial charge in [-0.05, 0) is 30.3 Å². The van der Waals surface area contributed by atoms with Gasteiger partial charge in [0.1, 0.15) is 18.2 Å². The maximum absolute atomic E-state index is 14.6. The lowest BCUT2D eigenvalue weighted by molar-refractivity contribution is -0.167. The SMILES string of the molecule is O=C1CCC(O)(N2Cc3c(NCc4cc(OCCN5CCOCC5)ccc4F)cccc3C2=O)C(=O)N1. The minimum atomic E-state index is -2.11. The highest BCUT2D eigenvalue weighted by molar-refractivity contribution is 6.07. The second-order valence-electron chi connectivity index (χ2n) is 9.33. The monoisotopic (exact) mass is 512 g/mol. The van der Waals surface area contributed by atoms with Crippen molar-refractivity contribution in [2.24, 2.45) is 0 Å². The number of amides is 3. The third-order valence-electron chi connectivity index (χ3n) is 7.00. The molecular weight excluding hydrogens is 483 g/mol. The van der Waals surface area contributed by atoms with E-state index in [9.17, 15) is 23.9 Å². The van der Waals surface area contributed by atoms with Gasteiger partial charge in [-0.2, -0.15) is 0 Å². The number of ether oxygens (including phenoxy) is 2. The lowest BCUT2D eigenvalue weighted by Gasteiger charge is -2.37. The van der Waals surface area contributed by atoms with E-state index in [0.29, 0.717) is 47.9 Å². The van der Waals surface area contributed by atoms with Crippen LogP contribution in [-0.4, -0.2) is 77.8 Å². The molecule has 37 heavy (non-hydrogen) atoms. The molecule has 2 aromatic carbocycles. The summed E-state index contributed by atoms with van der Waals surface area (Å²) in [5.74, 6) is -1.74. The number of carbonyl (C=O) groups is 3. The molecule has 2 saturated heterocycles. The molecule has 3 N–H and O–H groups in total. The normalized spacial score (nSPS) is 22.1. The second kappa shape index (κ2) is 10.4. The zero-order valence-corrected chi connectivity index (χ0v) is 20.3. The molecule has 1 atom stereocenters. The summed E-state index contributed by atoms with van der Waals surface area (Å²) in [6.45, 7) is 4.50. The Hall–Kier alpha value is -3.54. The van der Waals surface area contributed by atoms with Gasteiger partial charge < -0.3 is 19.9 Å². The predicted molar refractivity (Wildman–Crippen MR) is 130 cm³/mol. The molecule has 10 nitrogen and oxygen atoms in total. The molecule has 0 saturated carbocycles. The summed E-state index contributed by atoms with van der Waals surface area (Å²) in [6, 6.07) is 9.65. The summed E-state index contributed by atoms with van der Waals surface area (Å²) in [6.07, 6.45) is -0.249. The van der Waals surface area contributed by atoms with Crippen LogP contribution in [0.5, 0.6) is 5.75 Å². The molecule has 3 amide bonds. The Kier molecular flexibility index (Phi) is 7.09. The number of halogens is 1. The Labute approximate surface area is 213 Å². The highest BCUT2D eigenvalue weighted by Crippen LogP contribution is 2.36. The first-order valence-electron chi connectivity index (χ1n) is 12.3. The van der Waals surface area contributed by atoms with Crippen LogP contribution in [0.1, 0.15) is 34.3 Å². The van der Waals surface area contributed by atoms with Crippen LogP contribution in [0.3, 0.4) is 0 Å². The fourth-order valence-electron chi connectivity index (χ4n) is 4.83. The van der Waals surface area contributed by atoms with Crippen LogP contribution in [0.2, 0.25) is 0 Å². The largest absolute Gasteiger partial charge is 0.492 e. The molecule has 1 unspecified atom stereocenters.